The van der Waals surface area contributed by atoms with Crippen molar-refractivity contribution in [2.45, 2.75) is 46.1 Å². The van der Waals surface area contributed by atoms with Crippen LogP contribution in [0.3, 0.4) is 0 Å². The summed E-state index contributed by atoms with van der Waals surface area (Å²) in [6.45, 7) is 8.71. The van der Waals surface area contributed by atoms with Gasteiger partial charge in [-0.25, -0.2) is 0 Å². The first-order valence-corrected chi connectivity index (χ1v) is 13.2. The van der Waals surface area contributed by atoms with Crippen LogP contribution in [0.15, 0.2) is 61.3 Å². The molecule has 1 aromatic carbocycles. The maximum absolute atomic E-state index is 13.7. The number of carbonyl (C=O) groups excluding carboxylic acids is 2. The molecule has 8 nitrogen and oxygen atoms in total. The second kappa shape index (κ2) is 14.0. The Hall–Kier alpha value is -4.38. The summed E-state index contributed by atoms with van der Waals surface area (Å²) in [6, 6.07) is 14.7. The zero-order chi connectivity index (χ0) is 28.4. The number of amides is 2. The van der Waals surface area contributed by atoms with Crippen LogP contribution in [0.5, 0.6) is 5.88 Å². The van der Waals surface area contributed by atoms with Crippen LogP contribution in [-0.4, -0.2) is 51.5 Å². The van der Waals surface area contributed by atoms with E-state index in [1.807, 2.05) is 18.2 Å². The Morgan fingerprint density at radius 2 is 1.95 bits per heavy atom. The Balaban J connectivity index is 1.90. The fourth-order valence-corrected chi connectivity index (χ4v) is 4.33. The van der Waals surface area contributed by atoms with Crippen molar-refractivity contribution in [3.8, 4) is 23.1 Å². The average molecular weight is 528 g/mol. The Morgan fingerprint density at radius 1 is 1.21 bits per heavy atom. The van der Waals surface area contributed by atoms with E-state index in [4.69, 9.17) is 0 Å². The zero-order valence-electron chi connectivity index (χ0n) is 23.0. The number of benzene rings is 1. The maximum Gasteiger partial charge on any atom is 0.269 e. The third-order valence-electron chi connectivity index (χ3n) is 6.64. The minimum Gasteiger partial charge on any atom is -0.494 e. The lowest BCUT2D eigenvalue weighted by molar-refractivity contribution is -0.128. The van der Waals surface area contributed by atoms with Gasteiger partial charge < -0.3 is 19.9 Å². The van der Waals surface area contributed by atoms with Crippen LogP contribution in [0.1, 0.15) is 54.0 Å². The first-order chi connectivity index (χ1) is 18.8. The summed E-state index contributed by atoms with van der Waals surface area (Å²) in [5.41, 5.74) is 3.67. The van der Waals surface area contributed by atoms with Crippen LogP contribution >= 0.6 is 0 Å². The number of nitrogens with one attached hydrogen (secondary N) is 1. The van der Waals surface area contributed by atoms with Crippen LogP contribution < -0.4 is 5.32 Å². The third-order valence-corrected chi connectivity index (χ3v) is 6.64. The number of nitrogens with zero attached hydrogens (tertiary/aromatic N) is 4. The normalized spacial score (nSPS) is 10.7. The number of allylic oxidation sites excluding steroid dienone is 1. The van der Waals surface area contributed by atoms with Gasteiger partial charge in [0.25, 0.3) is 5.91 Å². The molecule has 0 aliphatic rings. The summed E-state index contributed by atoms with van der Waals surface area (Å²) < 4.78 is 1.65. The molecule has 0 bridgehead atoms. The minimum atomic E-state index is -0.440. The standard InChI is InChI=1S/C31H37N5O3/c1-5-6-10-26-28(24-13-11-23(20-32)12-14-24)29(36(31(26)39)19-15-22(2)3)30(38)34-21-27(37)35(4)18-16-25-9-7-8-17-33-25/h5,7-9,11-14,17,22,39H,1,6,10,15-16,18-19,21H2,2-4H3,(H,34,38). The van der Waals surface area contributed by atoms with Gasteiger partial charge in [-0.1, -0.05) is 38.1 Å². The number of likely N-dealkylation sites (N-methyl/N-ethyl adjacent to an activating group) is 1. The molecule has 204 valence electrons. The molecule has 0 saturated carbocycles. The van der Waals surface area contributed by atoms with Crippen molar-refractivity contribution in [1.29, 1.82) is 5.26 Å². The van der Waals surface area contributed by atoms with Crippen molar-refractivity contribution in [3.63, 3.8) is 0 Å². The van der Waals surface area contributed by atoms with Crippen molar-refractivity contribution in [2.24, 2.45) is 5.92 Å². The summed E-state index contributed by atoms with van der Waals surface area (Å²) in [6.07, 6.45) is 5.97. The van der Waals surface area contributed by atoms with Gasteiger partial charge in [-0.3, -0.25) is 14.6 Å². The van der Waals surface area contributed by atoms with E-state index in [0.717, 1.165) is 17.7 Å². The van der Waals surface area contributed by atoms with E-state index in [-0.39, 0.29) is 18.3 Å². The quantitative estimate of drug-likeness (QED) is 0.312. The molecule has 3 aromatic rings. The Labute approximate surface area is 230 Å². The van der Waals surface area contributed by atoms with E-state index < -0.39 is 5.91 Å². The van der Waals surface area contributed by atoms with Gasteiger partial charge in [0.2, 0.25) is 5.91 Å². The number of aromatic hydroxyl groups is 1. The summed E-state index contributed by atoms with van der Waals surface area (Å²) in [7, 11) is 1.70. The molecule has 0 saturated heterocycles. The number of pyridine rings is 1. The van der Waals surface area contributed by atoms with E-state index in [2.05, 4.69) is 36.8 Å². The van der Waals surface area contributed by atoms with Crippen LogP contribution in [0.2, 0.25) is 0 Å². The lowest BCUT2D eigenvalue weighted by atomic mass is 9.97. The first kappa shape index (κ1) is 29.2. The highest BCUT2D eigenvalue weighted by Gasteiger charge is 2.28. The number of aromatic nitrogens is 2. The molecule has 8 heteroatoms. The number of rotatable bonds is 13. The molecule has 0 spiro atoms. The van der Waals surface area contributed by atoms with Gasteiger partial charge in [-0.2, -0.15) is 5.26 Å². The molecule has 39 heavy (non-hydrogen) atoms. The van der Waals surface area contributed by atoms with E-state index in [1.165, 1.54) is 0 Å². The van der Waals surface area contributed by atoms with E-state index >= 15 is 0 Å². The molecule has 2 aromatic heterocycles. The summed E-state index contributed by atoms with van der Waals surface area (Å²) in [5.74, 6) is -0.270. The van der Waals surface area contributed by atoms with E-state index in [0.29, 0.717) is 60.7 Å². The molecule has 0 aliphatic heterocycles. The van der Waals surface area contributed by atoms with Crippen molar-refractivity contribution in [1.82, 2.24) is 19.8 Å². The molecule has 2 N–H and O–H groups in total. The number of carbonyl (C=O) groups is 2. The lowest BCUT2D eigenvalue weighted by Crippen LogP contribution is -2.39. The van der Waals surface area contributed by atoms with Gasteiger partial charge in [-0.15, -0.1) is 6.58 Å². The lowest BCUT2D eigenvalue weighted by Gasteiger charge is -2.18. The van der Waals surface area contributed by atoms with Crippen LogP contribution in [0.4, 0.5) is 0 Å². The van der Waals surface area contributed by atoms with Crippen LogP contribution in [-0.2, 0) is 24.2 Å². The second-order valence-electron chi connectivity index (χ2n) is 9.95. The molecule has 2 heterocycles. The maximum atomic E-state index is 13.7. The molecule has 0 unspecified atom stereocenters. The molecular weight excluding hydrogens is 490 g/mol. The zero-order valence-corrected chi connectivity index (χ0v) is 23.0. The summed E-state index contributed by atoms with van der Waals surface area (Å²) in [4.78, 5) is 32.4. The molecule has 0 radical (unpaired) electrons. The Kier molecular flexibility index (Phi) is 10.4. The number of hydrogen-bond acceptors (Lipinski definition) is 5. The van der Waals surface area contributed by atoms with Crippen molar-refractivity contribution >= 4 is 11.8 Å². The monoisotopic (exact) mass is 527 g/mol. The van der Waals surface area contributed by atoms with Gasteiger partial charge in [0, 0.05) is 49.6 Å². The van der Waals surface area contributed by atoms with Gasteiger partial charge in [0.05, 0.1) is 18.2 Å². The highest BCUT2D eigenvalue weighted by Crippen LogP contribution is 2.38. The second-order valence-corrected chi connectivity index (χ2v) is 9.95. The predicted octanol–water partition coefficient (Wildman–Crippen LogP) is 4.72. The molecular formula is C31H37N5O3. The number of nitriles is 1. The fourth-order valence-electron chi connectivity index (χ4n) is 4.33. The summed E-state index contributed by atoms with van der Waals surface area (Å²) in [5, 5.41) is 23.3. The van der Waals surface area contributed by atoms with Gasteiger partial charge in [0.15, 0.2) is 5.88 Å². The third kappa shape index (κ3) is 7.57. The predicted molar refractivity (Wildman–Crippen MR) is 152 cm³/mol. The topological polar surface area (TPSA) is 111 Å². The molecule has 0 atom stereocenters. The molecule has 2 amide bonds. The van der Waals surface area contributed by atoms with Gasteiger partial charge in [-0.05, 0) is 55.0 Å². The molecule has 3 rings (SSSR count). The average Bonchev–Trinajstić information content (AvgIpc) is 3.23. The molecule has 0 fully saturated rings. The van der Waals surface area contributed by atoms with Crippen molar-refractivity contribution in [2.75, 3.05) is 20.1 Å². The largest absolute Gasteiger partial charge is 0.494 e. The molecule has 0 aliphatic carbocycles. The fraction of sp³-hybridized carbons (Fsp3) is 0.355. The van der Waals surface area contributed by atoms with Gasteiger partial charge >= 0.3 is 0 Å². The van der Waals surface area contributed by atoms with Crippen LogP contribution in [0.25, 0.3) is 11.1 Å². The van der Waals surface area contributed by atoms with Crippen molar-refractivity contribution < 1.29 is 14.7 Å². The summed E-state index contributed by atoms with van der Waals surface area (Å²) >= 11 is 0. The highest BCUT2D eigenvalue weighted by molar-refractivity contribution is 6.02. The smallest absolute Gasteiger partial charge is 0.269 e. The van der Waals surface area contributed by atoms with E-state index in [1.54, 1.807) is 53.1 Å². The van der Waals surface area contributed by atoms with E-state index in [9.17, 15) is 20.0 Å². The highest BCUT2D eigenvalue weighted by atomic mass is 16.3. The van der Waals surface area contributed by atoms with Gasteiger partial charge in [0.1, 0.15) is 5.69 Å². The first-order valence-electron chi connectivity index (χ1n) is 13.2. The Morgan fingerprint density at radius 3 is 2.56 bits per heavy atom. The van der Waals surface area contributed by atoms with Crippen LogP contribution in [0, 0.1) is 17.2 Å². The Bertz CT molecular complexity index is 1320. The minimum absolute atomic E-state index is 0.0424. The SMILES string of the molecule is C=CCCc1c(-c2ccc(C#N)cc2)c(C(=O)NCC(=O)N(C)CCc2ccccn2)n(CCC(C)C)c1O. The van der Waals surface area contributed by atoms with Crippen molar-refractivity contribution in [3.05, 3.63) is 83.8 Å². The number of hydrogen-bond donors (Lipinski definition) is 2.